The summed E-state index contributed by atoms with van der Waals surface area (Å²) in [7, 11) is 2.02. The van der Waals surface area contributed by atoms with Gasteiger partial charge in [0.15, 0.2) is 0 Å². The summed E-state index contributed by atoms with van der Waals surface area (Å²) in [6.07, 6.45) is 3.76. The second-order valence-corrected chi connectivity index (χ2v) is 4.90. The van der Waals surface area contributed by atoms with Gasteiger partial charge in [-0.25, -0.2) is 0 Å². The molecule has 0 aliphatic rings. The molecular formula is C15H25N. The average molecular weight is 219 g/mol. The number of unbranched alkanes of at least 4 members (excludes halogenated alkanes) is 1. The van der Waals surface area contributed by atoms with Crippen LogP contribution in [0.15, 0.2) is 18.2 Å². The van der Waals surface area contributed by atoms with Crippen LogP contribution in [0.4, 0.5) is 0 Å². The van der Waals surface area contributed by atoms with Crippen LogP contribution in [0, 0.1) is 6.92 Å². The molecule has 16 heavy (non-hydrogen) atoms. The van der Waals surface area contributed by atoms with Crippen LogP contribution in [0.3, 0.4) is 0 Å². The molecular weight excluding hydrogens is 194 g/mol. The summed E-state index contributed by atoms with van der Waals surface area (Å²) in [6.45, 7) is 7.87. The van der Waals surface area contributed by atoms with E-state index in [0.717, 1.165) is 6.54 Å². The van der Waals surface area contributed by atoms with E-state index >= 15 is 0 Å². The Labute approximate surface area is 100 Å². The molecule has 0 atom stereocenters. The SMILES string of the molecule is CNCCCCc1cc(C(C)C)ccc1C. The Morgan fingerprint density at radius 2 is 1.94 bits per heavy atom. The first kappa shape index (κ1) is 13.2. The third-order valence-corrected chi connectivity index (χ3v) is 3.16. The first-order valence-electron chi connectivity index (χ1n) is 6.39. The maximum Gasteiger partial charge on any atom is -0.00518 e. The number of rotatable bonds is 6. The van der Waals surface area contributed by atoms with Gasteiger partial charge >= 0.3 is 0 Å². The molecule has 0 saturated carbocycles. The van der Waals surface area contributed by atoms with Gasteiger partial charge in [0.05, 0.1) is 0 Å². The Morgan fingerprint density at radius 3 is 2.56 bits per heavy atom. The summed E-state index contributed by atoms with van der Waals surface area (Å²) in [6, 6.07) is 6.92. The molecule has 1 N–H and O–H groups in total. The van der Waals surface area contributed by atoms with Crippen LogP contribution in [-0.2, 0) is 6.42 Å². The maximum absolute atomic E-state index is 3.20. The fourth-order valence-electron chi connectivity index (χ4n) is 1.94. The minimum atomic E-state index is 0.636. The number of benzene rings is 1. The zero-order valence-electron chi connectivity index (χ0n) is 11.1. The van der Waals surface area contributed by atoms with E-state index in [4.69, 9.17) is 0 Å². The van der Waals surface area contributed by atoms with Crippen LogP contribution in [0.25, 0.3) is 0 Å². The van der Waals surface area contributed by atoms with Crippen LogP contribution < -0.4 is 5.32 Å². The summed E-state index contributed by atoms with van der Waals surface area (Å²) < 4.78 is 0. The molecule has 1 nitrogen and oxygen atoms in total. The van der Waals surface area contributed by atoms with Crippen molar-refractivity contribution in [3.8, 4) is 0 Å². The molecule has 0 saturated heterocycles. The average Bonchev–Trinajstić information content (AvgIpc) is 2.26. The summed E-state index contributed by atoms with van der Waals surface area (Å²) in [4.78, 5) is 0. The fourth-order valence-corrected chi connectivity index (χ4v) is 1.94. The Hall–Kier alpha value is -0.820. The summed E-state index contributed by atoms with van der Waals surface area (Å²) in [5.74, 6) is 0.636. The maximum atomic E-state index is 3.20. The summed E-state index contributed by atoms with van der Waals surface area (Å²) in [5, 5.41) is 3.20. The van der Waals surface area contributed by atoms with Gasteiger partial charge in [-0.3, -0.25) is 0 Å². The Kier molecular flexibility index (Phi) is 5.54. The molecule has 0 aromatic heterocycles. The number of hydrogen-bond donors (Lipinski definition) is 1. The number of hydrogen-bond acceptors (Lipinski definition) is 1. The normalized spacial score (nSPS) is 11.1. The van der Waals surface area contributed by atoms with E-state index in [1.165, 1.54) is 36.0 Å². The molecule has 0 radical (unpaired) electrons. The van der Waals surface area contributed by atoms with Crippen molar-refractivity contribution in [1.82, 2.24) is 5.32 Å². The Balaban J connectivity index is 2.60. The van der Waals surface area contributed by atoms with E-state index in [0.29, 0.717) is 5.92 Å². The molecule has 0 spiro atoms. The molecule has 90 valence electrons. The van der Waals surface area contributed by atoms with E-state index in [2.05, 4.69) is 44.3 Å². The van der Waals surface area contributed by atoms with Gasteiger partial charge in [0, 0.05) is 0 Å². The van der Waals surface area contributed by atoms with Crippen molar-refractivity contribution < 1.29 is 0 Å². The monoisotopic (exact) mass is 219 g/mol. The smallest absolute Gasteiger partial charge is 0.00518 e. The van der Waals surface area contributed by atoms with Crippen LogP contribution >= 0.6 is 0 Å². The second-order valence-electron chi connectivity index (χ2n) is 4.90. The number of aryl methyl sites for hydroxylation is 2. The van der Waals surface area contributed by atoms with Crippen molar-refractivity contribution in [2.75, 3.05) is 13.6 Å². The molecule has 1 aromatic carbocycles. The topological polar surface area (TPSA) is 12.0 Å². The van der Waals surface area contributed by atoms with Crippen molar-refractivity contribution in [1.29, 1.82) is 0 Å². The third-order valence-electron chi connectivity index (χ3n) is 3.16. The van der Waals surface area contributed by atoms with Crippen molar-refractivity contribution >= 4 is 0 Å². The zero-order chi connectivity index (χ0) is 12.0. The quantitative estimate of drug-likeness (QED) is 0.720. The fraction of sp³-hybridized carbons (Fsp3) is 0.600. The molecule has 0 heterocycles. The second kappa shape index (κ2) is 6.70. The molecule has 1 heteroatoms. The van der Waals surface area contributed by atoms with E-state index in [9.17, 15) is 0 Å². The van der Waals surface area contributed by atoms with Gasteiger partial charge in [0.25, 0.3) is 0 Å². The lowest BCUT2D eigenvalue weighted by Gasteiger charge is -2.11. The molecule has 0 fully saturated rings. The van der Waals surface area contributed by atoms with Gasteiger partial charge in [-0.1, -0.05) is 32.0 Å². The Morgan fingerprint density at radius 1 is 1.19 bits per heavy atom. The third kappa shape index (κ3) is 3.97. The largest absolute Gasteiger partial charge is 0.320 e. The molecule has 0 amide bonds. The van der Waals surface area contributed by atoms with Gasteiger partial charge < -0.3 is 5.32 Å². The van der Waals surface area contributed by atoms with Crippen LogP contribution in [0.2, 0.25) is 0 Å². The van der Waals surface area contributed by atoms with Gasteiger partial charge in [-0.2, -0.15) is 0 Å². The predicted octanol–water partition coefficient (Wildman–Crippen LogP) is 3.66. The highest BCUT2D eigenvalue weighted by Crippen LogP contribution is 2.19. The lowest BCUT2D eigenvalue weighted by atomic mass is 9.95. The molecule has 0 aliphatic heterocycles. The van der Waals surface area contributed by atoms with Gasteiger partial charge in [0.1, 0.15) is 0 Å². The highest BCUT2D eigenvalue weighted by atomic mass is 14.8. The predicted molar refractivity (Wildman–Crippen MR) is 72.1 cm³/mol. The van der Waals surface area contributed by atoms with Gasteiger partial charge in [-0.15, -0.1) is 0 Å². The highest BCUT2D eigenvalue weighted by molar-refractivity contribution is 5.32. The van der Waals surface area contributed by atoms with E-state index in [1.807, 2.05) is 7.05 Å². The lowest BCUT2D eigenvalue weighted by molar-refractivity contribution is 0.675. The zero-order valence-corrected chi connectivity index (χ0v) is 11.1. The molecule has 1 aromatic rings. The summed E-state index contributed by atoms with van der Waals surface area (Å²) >= 11 is 0. The van der Waals surface area contributed by atoms with E-state index in [-0.39, 0.29) is 0 Å². The van der Waals surface area contributed by atoms with E-state index < -0.39 is 0 Å². The van der Waals surface area contributed by atoms with E-state index in [1.54, 1.807) is 0 Å². The minimum absolute atomic E-state index is 0.636. The number of nitrogens with one attached hydrogen (secondary N) is 1. The van der Waals surface area contributed by atoms with Crippen LogP contribution in [0.1, 0.15) is 49.3 Å². The van der Waals surface area contributed by atoms with Crippen LogP contribution in [0.5, 0.6) is 0 Å². The molecule has 0 aliphatic carbocycles. The minimum Gasteiger partial charge on any atom is -0.320 e. The molecule has 0 unspecified atom stereocenters. The lowest BCUT2D eigenvalue weighted by Crippen LogP contribution is -2.07. The van der Waals surface area contributed by atoms with Crippen LogP contribution in [-0.4, -0.2) is 13.6 Å². The summed E-state index contributed by atoms with van der Waals surface area (Å²) in [5.41, 5.74) is 4.44. The van der Waals surface area contributed by atoms with Gasteiger partial charge in [-0.05, 0) is 62.4 Å². The standard InChI is InChI=1S/C15H25N/c1-12(2)14-9-8-13(3)15(11-14)7-5-6-10-16-4/h8-9,11-12,16H,5-7,10H2,1-4H3. The van der Waals surface area contributed by atoms with Crippen molar-refractivity contribution in [2.24, 2.45) is 0 Å². The molecule has 0 bridgehead atoms. The first-order chi connectivity index (χ1) is 7.65. The first-order valence-corrected chi connectivity index (χ1v) is 6.39. The Bertz CT molecular complexity index is 315. The van der Waals surface area contributed by atoms with Crippen molar-refractivity contribution in [3.05, 3.63) is 34.9 Å². The highest BCUT2D eigenvalue weighted by Gasteiger charge is 2.03. The molecule has 1 rings (SSSR count). The van der Waals surface area contributed by atoms with Crippen molar-refractivity contribution in [2.45, 2.75) is 46.0 Å². The van der Waals surface area contributed by atoms with Gasteiger partial charge in [0.2, 0.25) is 0 Å². The van der Waals surface area contributed by atoms with Crippen molar-refractivity contribution in [3.63, 3.8) is 0 Å².